The van der Waals surface area contributed by atoms with E-state index in [1.807, 2.05) is 47.9 Å². The van der Waals surface area contributed by atoms with Gasteiger partial charge in [-0.3, -0.25) is 24.6 Å². The van der Waals surface area contributed by atoms with E-state index < -0.39 is 10.2 Å². The minimum absolute atomic E-state index is 0.0816. The fraction of sp³-hybridized carbons (Fsp3) is 0.667. The molecule has 0 radical (unpaired) electrons. The molecule has 0 aliphatic carbocycles. The quantitative estimate of drug-likeness (QED) is 0.445. The Kier molecular flexibility index (Phi) is 6.48. The summed E-state index contributed by atoms with van der Waals surface area (Å²) in [6.07, 6.45) is 6.31. The van der Waals surface area contributed by atoms with Crippen LogP contribution in [-0.2, 0) is 9.59 Å². The summed E-state index contributed by atoms with van der Waals surface area (Å²) in [5, 5.41) is 11.4. The lowest BCUT2D eigenvalue weighted by Gasteiger charge is -2.38. The maximum atomic E-state index is 13.3. The summed E-state index contributed by atoms with van der Waals surface area (Å²) in [7, 11) is -2.09. The molecule has 2 amide bonds. The Morgan fingerprint density at radius 2 is 1.91 bits per heavy atom. The third kappa shape index (κ3) is 4.25. The lowest BCUT2D eigenvalue weighted by molar-refractivity contribution is -0.295. The number of piperazine rings is 1. The molecule has 182 valence electrons. The Labute approximate surface area is 197 Å². The molecule has 5 atom stereocenters. The van der Waals surface area contributed by atoms with Crippen molar-refractivity contribution in [2.75, 3.05) is 32.1 Å². The van der Waals surface area contributed by atoms with Crippen LogP contribution in [0.2, 0.25) is 0 Å². The molecule has 0 saturated carbocycles. The van der Waals surface area contributed by atoms with Gasteiger partial charge in [-0.15, -0.1) is 0 Å². The zero-order valence-corrected chi connectivity index (χ0v) is 21.1. The minimum atomic E-state index is -2.09. The van der Waals surface area contributed by atoms with E-state index in [1.165, 1.54) is 0 Å². The molecule has 9 heteroatoms. The molecule has 3 fully saturated rings. The number of fused-ring (bicyclic) bond motifs is 2. The first-order valence-electron chi connectivity index (χ1n) is 11.9. The van der Waals surface area contributed by atoms with Crippen LogP contribution in [-0.4, -0.2) is 81.1 Å². The summed E-state index contributed by atoms with van der Waals surface area (Å²) in [5.41, 5.74) is 0.997. The third-order valence-corrected chi connectivity index (χ3v) is 9.98. The first-order valence-corrected chi connectivity index (χ1v) is 14.3. The van der Waals surface area contributed by atoms with Crippen LogP contribution in [0, 0.1) is 16.0 Å². The predicted octanol–water partition coefficient (Wildman–Crippen LogP) is 3.29. The van der Waals surface area contributed by atoms with E-state index in [9.17, 15) is 19.7 Å². The van der Waals surface area contributed by atoms with Gasteiger partial charge in [-0.05, 0) is 50.8 Å². The lowest BCUT2D eigenvalue weighted by atomic mass is 10.0. The van der Waals surface area contributed by atoms with Gasteiger partial charge in [0.05, 0.1) is 21.3 Å². The first-order chi connectivity index (χ1) is 15.5. The fourth-order valence-corrected chi connectivity index (χ4v) is 6.67. The topological polar surface area (TPSA) is 87.0 Å². The van der Waals surface area contributed by atoms with Crippen LogP contribution in [0.5, 0.6) is 0 Å². The van der Waals surface area contributed by atoms with E-state index in [-0.39, 0.29) is 40.2 Å². The number of carbonyl (C=O) groups excluding carboxylic acids is 2. The summed E-state index contributed by atoms with van der Waals surface area (Å²) in [5.74, 6) is 0.233. The van der Waals surface area contributed by atoms with Gasteiger partial charge in [-0.2, -0.15) is 0 Å². The van der Waals surface area contributed by atoms with Gasteiger partial charge in [0.1, 0.15) is 0 Å². The highest BCUT2D eigenvalue weighted by Gasteiger charge is 2.51. The summed E-state index contributed by atoms with van der Waals surface area (Å²) in [6.45, 7) is 8.41. The van der Waals surface area contributed by atoms with Gasteiger partial charge >= 0.3 is 0 Å². The van der Waals surface area contributed by atoms with Crippen molar-refractivity contribution in [2.45, 2.75) is 69.1 Å². The molecule has 1 aromatic rings. The number of rotatable bonds is 7. The number of hydrogen-bond donors (Lipinski definition) is 0. The summed E-state index contributed by atoms with van der Waals surface area (Å²) in [4.78, 5) is 44.5. The molecule has 1 aromatic carbocycles. The smallest absolute Gasteiger partial charge is 0.240 e. The van der Waals surface area contributed by atoms with Crippen molar-refractivity contribution in [2.24, 2.45) is 5.92 Å². The van der Waals surface area contributed by atoms with Crippen LogP contribution < -0.4 is 0 Å². The average Bonchev–Trinajstić information content (AvgIpc) is 3.47. The van der Waals surface area contributed by atoms with Gasteiger partial charge in [0.15, 0.2) is 0 Å². The van der Waals surface area contributed by atoms with Crippen LogP contribution in [0.25, 0.3) is 0 Å². The normalized spacial score (nSPS) is 27.8. The number of likely N-dealkylation sites (tertiary alicyclic amines) is 3. The molecule has 3 aliphatic rings. The molecule has 33 heavy (non-hydrogen) atoms. The largest absolute Gasteiger partial charge is 0.340 e. The Morgan fingerprint density at radius 3 is 2.45 bits per heavy atom. The van der Waals surface area contributed by atoms with E-state index in [4.69, 9.17) is 0 Å². The third-order valence-electron chi connectivity index (χ3n) is 7.81. The fourth-order valence-electron chi connectivity index (χ4n) is 5.70. The predicted molar refractivity (Wildman–Crippen MR) is 130 cm³/mol. The molecule has 0 N–H and O–H groups in total. The van der Waals surface area contributed by atoms with Crippen molar-refractivity contribution in [1.82, 2.24) is 14.7 Å². The number of hydrogen-bond acceptors (Lipinski definition) is 5. The average molecular weight is 477 g/mol. The Bertz CT molecular complexity index is 937. The molecular formula is C24H36N4O4S. The van der Waals surface area contributed by atoms with Crippen molar-refractivity contribution in [3.8, 4) is 0 Å². The molecule has 3 heterocycles. The molecule has 3 aliphatic heterocycles. The van der Waals surface area contributed by atoms with Crippen LogP contribution in [0.15, 0.2) is 29.2 Å². The Morgan fingerprint density at radius 1 is 1.24 bits per heavy atom. The molecule has 0 spiro atoms. The highest BCUT2D eigenvalue weighted by atomic mass is 32.3. The highest BCUT2D eigenvalue weighted by molar-refractivity contribution is 8.27. The van der Waals surface area contributed by atoms with Crippen molar-refractivity contribution in [3.63, 3.8) is 0 Å². The molecule has 4 rings (SSSR count). The van der Waals surface area contributed by atoms with Crippen LogP contribution in [0.4, 0.5) is 0 Å². The molecule has 8 nitrogen and oxygen atoms in total. The first kappa shape index (κ1) is 24.0. The summed E-state index contributed by atoms with van der Waals surface area (Å²) < 4.78 is -0.195. The second-order valence-electron chi connectivity index (χ2n) is 10.3. The number of carbonyl (C=O) groups is 2. The Hall–Kier alpha value is -2.13. The maximum absolute atomic E-state index is 13.3. The van der Waals surface area contributed by atoms with E-state index in [2.05, 4.69) is 11.8 Å². The monoisotopic (exact) mass is 476 g/mol. The van der Waals surface area contributed by atoms with Crippen molar-refractivity contribution in [1.29, 1.82) is 0 Å². The molecule has 0 aromatic heterocycles. The second-order valence-corrected chi connectivity index (χ2v) is 13.6. The molecule has 4 unspecified atom stereocenters. The van der Waals surface area contributed by atoms with Gasteiger partial charge in [0.25, 0.3) is 0 Å². The molecule has 3 saturated heterocycles. The van der Waals surface area contributed by atoms with Crippen molar-refractivity contribution < 1.29 is 13.9 Å². The number of nitro groups is 1. The van der Waals surface area contributed by atoms with Crippen LogP contribution >= 0.6 is 10.2 Å². The SMILES string of the molecule is CC(CN1CC2CC1C(=O)N2[C@@H](C)c1ccc(S(C)(C)[N+](=O)[O-])cc1)C(=O)N1CCCC1C. The van der Waals surface area contributed by atoms with E-state index in [0.29, 0.717) is 12.6 Å². The minimum Gasteiger partial charge on any atom is -0.340 e. The summed E-state index contributed by atoms with van der Waals surface area (Å²) in [6, 6.07) is 7.75. The van der Waals surface area contributed by atoms with Gasteiger partial charge in [0.2, 0.25) is 11.8 Å². The molecular weight excluding hydrogens is 440 g/mol. The molecule has 2 bridgehead atoms. The van der Waals surface area contributed by atoms with Crippen molar-refractivity contribution >= 4 is 22.0 Å². The number of amides is 2. The number of nitrogens with zero attached hydrogens (tertiary/aromatic N) is 4. The zero-order valence-electron chi connectivity index (χ0n) is 20.3. The highest BCUT2D eigenvalue weighted by Crippen LogP contribution is 2.49. The number of benzene rings is 1. The standard InChI is InChI=1S/C24H36N4O4S/c1-16(23(29)26-12-6-7-17(26)2)14-25-15-20-13-22(25)24(30)27(20)18(3)19-8-10-21(11-9-19)33(4,5)28(31)32/h8-11,16-18,20,22H,6-7,12-15H2,1-5H3/t16?,17?,18-,20?,22?/m0/s1. The second kappa shape index (κ2) is 8.91. The maximum Gasteiger partial charge on any atom is 0.240 e. The van der Waals surface area contributed by atoms with Gasteiger partial charge < -0.3 is 9.80 Å². The van der Waals surface area contributed by atoms with Crippen LogP contribution in [0.1, 0.15) is 51.6 Å². The van der Waals surface area contributed by atoms with E-state index in [0.717, 1.165) is 42.8 Å². The summed E-state index contributed by atoms with van der Waals surface area (Å²) >= 11 is 0. The van der Waals surface area contributed by atoms with Gasteiger partial charge in [0, 0.05) is 60.4 Å². The van der Waals surface area contributed by atoms with Crippen molar-refractivity contribution in [3.05, 3.63) is 39.9 Å². The van der Waals surface area contributed by atoms with E-state index in [1.54, 1.807) is 12.5 Å². The lowest BCUT2D eigenvalue weighted by Crippen LogP contribution is -2.53. The van der Waals surface area contributed by atoms with E-state index >= 15 is 0 Å². The zero-order chi connectivity index (χ0) is 24.1. The Balaban J connectivity index is 1.39. The van der Waals surface area contributed by atoms with Gasteiger partial charge in [-0.25, -0.2) is 0 Å². The van der Waals surface area contributed by atoms with Crippen LogP contribution in [0.3, 0.4) is 0 Å². The van der Waals surface area contributed by atoms with Gasteiger partial charge in [-0.1, -0.05) is 19.1 Å².